The molecule has 1 saturated heterocycles. The topological polar surface area (TPSA) is 80.6 Å². The van der Waals surface area contributed by atoms with Crippen molar-refractivity contribution in [3.63, 3.8) is 0 Å². The van der Waals surface area contributed by atoms with Crippen LogP contribution < -0.4 is 5.32 Å². The third kappa shape index (κ3) is 4.80. The Morgan fingerprint density at radius 2 is 1.93 bits per heavy atom. The lowest BCUT2D eigenvalue weighted by Crippen LogP contribution is -2.36. The van der Waals surface area contributed by atoms with Crippen molar-refractivity contribution in [3.8, 4) is 0 Å². The molecule has 0 radical (unpaired) electrons. The monoisotopic (exact) mass is 431 g/mol. The molecule has 3 amide bonds. The van der Waals surface area contributed by atoms with E-state index in [1.54, 1.807) is 13.2 Å². The summed E-state index contributed by atoms with van der Waals surface area (Å²) in [4.78, 5) is 38.4. The summed E-state index contributed by atoms with van der Waals surface area (Å²) < 4.78 is 20.2. The minimum Gasteiger partial charge on any atom is -0.383 e. The number of benzene rings is 1. The number of hydrogen-bond acceptors (Lipinski definition) is 5. The molecule has 1 aromatic carbocycles. The van der Waals surface area contributed by atoms with E-state index in [2.05, 4.69) is 9.88 Å². The predicted octanol–water partition coefficient (Wildman–Crippen LogP) is 3.57. The van der Waals surface area contributed by atoms with Crippen molar-refractivity contribution in [2.24, 2.45) is 0 Å². The molecule has 7 nitrogen and oxygen atoms in total. The average molecular weight is 431 g/mol. The molecule has 0 saturated carbocycles. The summed E-state index contributed by atoms with van der Waals surface area (Å²) in [5, 5.41) is 2.04. The normalized spacial score (nSPS) is 15.3. The fourth-order valence-electron chi connectivity index (χ4n) is 3.16. The largest absolute Gasteiger partial charge is 0.383 e. The molecule has 1 fully saturated rings. The maximum absolute atomic E-state index is 13.0. The maximum atomic E-state index is 13.0. The van der Waals surface area contributed by atoms with Gasteiger partial charge in [0.25, 0.3) is 11.1 Å². The van der Waals surface area contributed by atoms with Crippen molar-refractivity contribution in [2.75, 3.05) is 25.6 Å². The van der Waals surface area contributed by atoms with Crippen LogP contribution in [0.5, 0.6) is 0 Å². The van der Waals surface area contributed by atoms with Crippen LogP contribution in [0.3, 0.4) is 0 Å². The van der Waals surface area contributed by atoms with Gasteiger partial charge in [-0.05, 0) is 67.6 Å². The van der Waals surface area contributed by atoms with Gasteiger partial charge in [-0.25, -0.2) is 4.39 Å². The van der Waals surface area contributed by atoms with Crippen LogP contribution in [0, 0.1) is 19.7 Å². The highest BCUT2D eigenvalue weighted by molar-refractivity contribution is 8.18. The van der Waals surface area contributed by atoms with E-state index >= 15 is 0 Å². The Balaban J connectivity index is 1.71. The van der Waals surface area contributed by atoms with Crippen LogP contribution in [0.15, 0.2) is 35.2 Å². The number of nitrogens with zero attached hydrogens (tertiary/aromatic N) is 2. The third-order valence-corrected chi connectivity index (χ3v) is 5.63. The molecule has 1 aromatic heterocycles. The van der Waals surface area contributed by atoms with E-state index in [0.29, 0.717) is 18.8 Å². The van der Waals surface area contributed by atoms with Gasteiger partial charge in [-0.2, -0.15) is 0 Å². The van der Waals surface area contributed by atoms with Gasteiger partial charge in [-0.1, -0.05) is 0 Å². The number of halogens is 1. The first-order valence-corrected chi connectivity index (χ1v) is 10.1. The summed E-state index contributed by atoms with van der Waals surface area (Å²) in [5.41, 5.74) is 3.20. The summed E-state index contributed by atoms with van der Waals surface area (Å²) in [6.45, 7) is 4.75. The Morgan fingerprint density at radius 1 is 1.23 bits per heavy atom. The molecule has 0 spiro atoms. The van der Waals surface area contributed by atoms with Crippen LogP contribution in [-0.2, 0) is 20.9 Å². The van der Waals surface area contributed by atoms with E-state index in [1.165, 1.54) is 24.3 Å². The summed E-state index contributed by atoms with van der Waals surface area (Å²) in [5.74, 6) is -1.48. The maximum Gasteiger partial charge on any atom is 0.294 e. The van der Waals surface area contributed by atoms with Crippen molar-refractivity contribution in [2.45, 2.75) is 20.4 Å². The number of carbonyl (C=O) groups is 3. The van der Waals surface area contributed by atoms with Gasteiger partial charge in [0.05, 0.1) is 11.5 Å². The van der Waals surface area contributed by atoms with Gasteiger partial charge >= 0.3 is 0 Å². The number of amides is 3. The van der Waals surface area contributed by atoms with E-state index in [1.807, 2.05) is 19.9 Å². The minimum atomic E-state index is -0.539. The number of aromatic nitrogens is 1. The van der Waals surface area contributed by atoms with Gasteiger partial charge in [-0.3, -0.25) is 19.3 Å². The molecule has 3 rings (SSSR count). The van der Waals surface area contributed by atoms with Crippen LogP contribution in [0.25, 0.3) is 6.08 Å². The number of hydrogen-bond donors (Lipinski definition) is 1. The molecule has 30 heavy (non-hydrogen) atoms. The Labute approximate surface area is 177 Å². The van der Waals surface area contributed by atoms with E-state index in [0.717, 1.165) is 33.6 Å². The first kappa shape index (κ1) is 21.8. The Hall–Kier alpha value is -2.91. The van der Waals surface area contributed by atoms with Crippen LogP contribution in [0.1, 0.15) is 17.0 Å². The van der Waals surface area contributed by atoms with Crippen LogP contribution in [0.2, 0.25) is 0 Å². The zero-order valence-corrected chi connectivity index (χ0v) is 17.7. The highest BCUT2D eigenvalue weighted by atomic mass is 32.2. The number of anilines is 1. The Kier molecular flexibility index (Phi) is 6.73. The lowest BCUT2D eigenvalue weighted by Gasteiger charge is -2.12. The average Bonchev–Trinajstić information content (AvgIpc) is 3.12. The van der Waals surface area contributed by atoms with Gasteiger partial charge in [0.2, 0.25) is 5.91 Å². The van der Waals surface area contributed by atoms with Crippen molar-refractivity contribution >= 4 is 40.6 Å². The molecular formula is C21H22FN3O4S. The summed E-state index contributed by atoms with van der Waals surface area (Å²) in [7, 11) is 1.64. The Bertz CT molecular complexity index is 1010. The molecule has 1 aliphatic heterocycles. The third-order valence-electron chi connectivity index (χ3n) is 4.72. The summed E-state index contributed by atoms with van der Waals surface area (Å²) >= 11 is 0.804. The number of ether oxygens (including phenoxy) is 1. The fourth-order valence-corrected chi connectivity index (χ4v) is 3.98. The van der Waals surface area contributed by atoms with E-state index < -0.39 is 29.4 Å². The van der Waals surface area contributed by atoms with Gasteiger partial charge in [0.15, 0.2) is 0 Å². The first-order valence-electron chi connectivity index (χ1n) is 9.26. The van der Waals surface area contributed by atoms with Crippen LogP contribution >= 0.6 is 11.8 Å². The highest BCUT2D eigenvalue weighted by Gasteiger charge is 2.36. The van der Waals surface area contributed by atoms with Crippen molar-refractivity contribution in [1.29, 1.82) is 0 Å². The van der Waals surface area contributed by atoms with Crippen molar-refractivity contribution in [3.05, 3.63) is 58.0 Å². The molecule has 0 bridgehead atoms. The van der Waals surface area contributed by atoms with Crippen molar-refractivity contribution < 1.29 is 23.5 Å². The van der Waals surface area contributed by atoms with Gasteiger partial charge in [0, 0.05) is 30.7 Å². The van der Waals surface area contributed by atoms with E-state index in [4.69, 9.17) is 4.74 Å². The Morgan fingerprint density at radius 3 is 2.60 bits per heavy atom. The molecule has 0 atom stereocenters. The predicted molar refractivity (Wildman–Crippen MR) is 113 cm³/mol. The van der Waals surface area contributed by atoms with Gasteiger partial charge in [-0.15, -0.1) is 0 Å². The molecule has 0 unspecified atom stereocenters. The van der Waals surface area contributed by atoms with E-state index in [-0.39, 0.29) is 4.91 Å². The zero-order chi connectivity index (χ0) is 21.8. The van der Waals surface area contributed by atoms with Crippen LogP contribution in [0.4, 0.5) is 14.9 Å². The second kappa shape index (κ2) is 9.27. The molecule has 2 aromatic rings. The lowest BCUT2D eigenvalue weighted by atomic mass is 10.2. The van der Waals surface area contributed by atoms with Gasteiger partial charge in [0.1, 0.15) is 12.4 Å². The number of imide groups is 1. The SMILES string of the molecule is COCCn1c(C)cc(/C=C2\SC(=O)N(CC(=O)Nc3ccc(F)cc3)C2=O)c1C. The minimum absolute atomic E-state index is 0.265. The second-order valence-electron chi connectivity index (χ2n) is 6.79. The van der Waals surface area contributed by atoms with Crippen molar-refractivity contribution in [1.82, 2.24) is 9.47 Å². The number of rotatable bonds is 7. The number of thioether (sulfide) groups is 1. The standard InChI is InChI=1S/C21H22FN3O4S/c1-13-10-15(14(2)24(13)8-9-29-3)11-18-20(27)25(21(28)30-18)12-19(26)23-17-6-4-16(22)5-7-17/h4-7,10-11H,8-9,12H2,1-3H3,(H,23,26)/b18-11-. The second-order valence-corrected chi connectivity index (χ2v) is 7.79. The molecule has 1 aliphatic rings. The number of methoxy groups -OCH3 is 1. The number of nitrogens with one attached hydrogen (secondary N) is 1. The smallest absolute Gasteiger partial charge is 0.294 e. The molecule has 9 heteroatoms. The fraction of sp³-hybridized carbons (Fsp3) is 0.286. The molecule has 2 heterocycles. The van der Waals surface area contributed by atoms with Crippen LogP contribution in [-0.4, -0.2) is 46.8 Å². The number of aryl methyl sites for hydroxylation is 1. The molecule has 158 valence electrons. The quantitative estimate of drug-likeness (QED) is 0.678. The molecule has 0 aliphatic carbocycles. The zero-order valence-electron chi connectivity index (χ0n) is 16.9. The summed E-state index contributed by atoms with van der Waals surface area (Å²) in [6.07, 6.45) is 1.68. The summed E-state index contributed by atoms with van der Waals surface area (Å²) in [6, 6.07) is 7.17. The van der Waals surface area contributed by atoms with E-state index in [9.17, 15) is 18.8 Å². The molecular weight excluding hydrogens is 409 g/mol. The van der Waals surface area contributed by atoms with Gasteiger partial charge < -0.3 is 14.6 Å². The first-order chi connectivity index (χ1) is 14.3. The lowest BCUT2D eigenvalue weighted by molar-refractivity contribution is -0.127. The molecule has 1 N–H and O–H groups in total. The number of carbonyl (C=O) groups excluding carboxylic acids is 3. The highest BCUT2D eigenvalue weighted by Crippen LogP contribution is 2.33.